The van der Waals surface area contributed by atoms with Gasteiger partial charge in [0, 0.05) is 35.1 Å². The lowest BCUT2D eigenvalue weighted by Gasteiger charge is -2.36. The Morgan fingerprint density at radius 1 is 1.18 bits per heavy atom. The van der Waals surface area contributed by atoms with Crippen LogP contribution < -0.4 is 5.73 Å². The summed E-state index contributed by atoms with van der Waals surface area (Å²) < 4.78 is 47.2. The van der Waals surface area contributed by atoms with Gasteiger partial charge in [0.05, 0.1) is 22.6 Å². The number of aromatic nitrogens is 3. The highest BCUT2D eigenvalue weighted by Gasteiger charge is 2.36. The lowest BCUT2D eigenvalue weighted by atomic mass is 9.80. The quantitative estimate of drug-likeness (QED) is 0.365. The van der Waals surface area contributed by atoms with Crippen LogP contribution in [0.2, 0.25) is 0 Å². The number of likely N-dealkylation sites (tertiary alicyclic amines) is 1. The fraction of sp³-hybridized carbons (Fsp3) is 0.357. The molecule has 2 aromatic heterocycles. The van der Waals surface area contributed by atoms with E-state index in [1.54, 1.807) is 11.0 Å². The molecule has 1 saturated heterocycles. The number of carbonyl (C=O) groups excluding carboxylic acids is 1. The van der Waals surface area contributed by atoms with Crippen LogP contribution in [0.3, 0.4) is 0 Å². The summed E-state index contributed by atoms with van der Waals surface area (Å²) in [7, 11) is 0. The normalized spacial score (nSPS) is 18.5. The Hall–Kier alpha value is -3.79. The Morgan fingerprint density at radius 2 is 1.98 bits per heavy atom. The first-order chi connectivity index (χ1) is 19.2. The van der Waals surface area contributed by atoms with Crippen molar-refractivity contribution in [1.82, 2.24) is 19.9 Å². The van der Waals surface area contributed by atoms with Crippen molar-refractivity contribution in [3.8, 4) is 27.6 Å². The molecule has 1 aliphatic heterocycles. The minimum absolute atomic E-state index is 0.00933. The van der Waals surface area contributed by atoms with Crippen LogP contribution in [-0.2, 0) is 6.54 Å². The zero-order valence-corrected chi connectivity index (χ0v) is 22.1. The summed E-state index contributed by atoms with van der Waals surface area (Å²) in [6.07, 6.45) is 3.47. The number of hydrogen-bond acceptors (Lipinski definition) is 7. The maximum absolute atomic E-state index is 15.8. The topological polar surface area (TPSA) is 121 Å². The average molecular weight is 567 g/mol. The molecule has 4 aromatic rings. The highest BCUT2D eigenvalue weighted by atomic mass is 32.1. The molecule has 0 bridgehead atoms. The van der Waals surface area contributed by atoms with Crippen LogP contribution in [0.4, 0.5) is 13.2 Å². The van der Waals surface area contributed by atoms with E-state index in [0.717, 1.165) is 36.7 Å². The first-order valence-electron chi connectivity index (χ1n) is 13.0. The number of nitriles is 1. The number of halogens is 3. The van der Waals surface area contributed by atoms with Crippen molar-refractivity contribution in [3.63, 3.8) is 0 Å². The Morgan fingerprint density at radius 3 is 2.65 bits per heavy atom. The molecule has 6 rings (SSSR count). The van der Waals surface area contributed by atoms with E-state index in [2.05, 4.69) is 10.3 Å². The second kappa shape index (κ2) is 9.99. The van der Waals surface area contributed by atoms with E-state index in [4.69, 9.17) is 11.0 Å². The van der Waals surface area contributed by atoms with Crippen molar-refractivity contribution in [2.45, 2.75) is 50.3 Å². The van der Waals surface area contributed by atoms with Crippen molar-refractivity contribution in [1.29, 1.82) is 5.26 Å². The summed E-state index contributed by atoms with van der Waals surface area (Å²) >= 11 is 0.966. The van der Waals surface area contributed by atoms with Gasteiger partial charge in [0.2, 0.25) is 0 Å². The molecule has 0 unspecified atom stereocenters. The molecule has 2 aliphatic rings. The van der Waals surface area contributed by atoms with Gasteiger partial charge in [-0.25, -0.2) is 17.9 Å². The minimum Gasteiger partial charge on any atom is -0.388 e. The molecular weight excluding hydrogens is 541 g/mol. The van der Waals surface area contributed by atoms with Gasteiger partial charge in [0.25, 0.3) is 5.91 Å². The maximum atomic E-state index is 15.8. The number of nitrogens with two attached hydrogens (primary N) is 1. The van der Waals surface area contributed by atoms with Crippen LogP contribution in [0.5, 0.6) is 0 Å². The fourth-order valence-corrected chi connectivity index (χ4v) is 6.56. The van der Waals surface area contributed by atoms with Crippen molar-refractivity contribution in [3.05, 3.63) is 58.2 Å². The molecule has 8 nitrogen and oxygen atoms in total. The number of hydrogen-bond donors (Lipinski definition) is 2. The Bertz CT molecular complexity index is 1690. The van der Waals surface area contributed by atoms with Crippen molar-refractivity contribution in [2.75, 3.05) is 13.1 Å². The van der Waals surface area contributed by atoms with Crippen LogP contribution in [0.25, 0.3) is 32.6 Å². The number of aliphatic hydroxyl groups is 1. The van der Waals surface area contributed by atoms with Crippen molar-refractivity contribution in [2.24, 2.45) is 5.73 Å². The van der Waals surface area contributed by atoms with Crippen LogP contribution in [-0.4, -0.2) is 55.6 Å². The van der Waals surface area contributed by atoms with Gasteiger partial charge >= 0.3 is 0 Å². The number of piperidine rings is 1. The molecular formula is C28H25F3N6O2S. The average Bonchev–Trinajstić information content (AvgIpc) is 3.54. The van der Waals surface area contributed by atoms with Gasteiger partial charge in [-0.15, -0.1) is 16.4 Å². The first kappa shape index (κ1) is 26.4. The highest BCUT2D eigenvalue weighted by Crippen LogP contribution is 2.43. The monoisotopic (exact) mass is 566 g/mol. The number of benzene rings is 2. The SMILES string of the molecule is N#Cc1ccc(-c2cc(C(=O)N3CCC[C@@H](N)C3)sc2-c2cc3nnn(CC4(O)CCC4)c3c(F)c2F)cc1F. The summed E-state index contributed by atoms with van der Waals surface area (Å²) in [5.74, 6) is -3.43. The molecule has 1 amide bonds. The molecule has 206 valence electrons. The van der Waals surface area contributed by atoms with E-state index in [1.165, 1.54) is 28.9 Å². The second-order valence-electron chi connectivity index (χ2n) is 10.6. The molecule has 0 spiro atoms. The molecule has 2 aromatic carbocycles. The number of nitrogens with zero attached hydrogens (tertiary/aromatic N) is 5. The van der Waals surface area contributed by atoms with Gasteiger partial charge in [-0.1, -0.05) is 11.3 Å². The van der Waals surface area contributed by atoms with Gasteiger partial charge in [0.15, 0.2) is 11.6 Å². The molecule has 40 heavy (non-hydrogen) atoms. The predicted octanol–water partition coefficient (Wildman–Crippen LogP) is 4.59. The third-order valence-corrected chi connectivity index (χ3v) is 8.90. The Labute approximate surface area is 231 Å². The van der Waals surface area contributed by atoms with E-state index in [1.807, 2.05) is 0 Å². The predicted molar refractivity (Wildman–Crippen MR) is 143 cm³/mol. The third kappa shape index (κ3) is 4.54. The maximum Gasteiger partial charge on any atom is 0.264 e. The number of amides is 1. The summed E-state index contributed by atoms with van der Waals surface area (Å²) in [5, 5.41) is 27.7. The molecule has 12 heteroatoms. The summed E-state index contributed by atoms with van der Waals surface area (Å²) in [5.41, 5.74) is 5.24. The zero-order chi connectivity index (χ0) is 28.2. The van der Waals surface area contributed by atoms with Gasteiger partial charge in [-0.3, -0.25) is 4.79 Å². The van der Waals surface area contributed by atoms with E-state index >= 15 is 8.78 Å². The van der Waals surface area contributed by atoms with Crippen molar-refractivity contribution < 1.29 is 23.1 Å². The summed E-state index contributed by atoms with van der Waals surface area (Å²) in [6, 6.07) is 8.43. The minimum atomic E-state index is -1.18. The van der Waals surface area contributed by atoms with Gasteiger partial charge < -0.3 is 15.7 Å². The summed E-state index contributed by atoms with van der Waals surface area (Å²) in [4.78, 5) is 15.5. The molecule has 3 N–H and O–H groups in total. The van der Waals surface area contributed by atoms with Crippen molar-refractivity contribution >= 4 is 28.3 Å². The van der Waals surface area contributed by atoms with Crippen LogP contribution in [0.1, 0.15) is 47.3 Å². The van der Waals surface area contributed by atoms with Gasteiger partial charge in [-0.2, -0.15) is 5.26 Å². The van der Waals surface area contributed by atoms with E-state index in [9.17, 15) is 14.3 Å². The standard InChI is InChI=1S/C28H25F3N6O2S/c29-20-9-15(4-5-16(20)12-32)18-11-22(27(38)36-8-1-3-17(33)13-36)40-26(18)19-10-21-25(24(31)23(19)30)37(35-34-21)14-28(39)6-2-7-28/h4-5,9-11,17,39H,1-3,6-8,13-14,33H2/t17-/m1/s1. The molecule has 0 radical (unpaired) electrons. The molecule has 3 heterocycles. The number of rotatable bonds is 5. The smallest absolute Gasteiger partial charge is 0.264 e. The third-order valence-electron chi connectivity index (χ3n) is 7.74. The Kier molecular flexibility index (Phi) is 6.60. The van der Waals surface area contributed by atoms with E-state index in [-0.39, 0.29) is 50.4 Å². The van der Waals surface area contributed by atoms with Crippen LogP contribution in [0, 0.1) is 28.8 Å². The second-order valence-corrected chi connectivity index (χ2v) is 11.6. The largest absolute Gasteiger partial charge is 0.388 e. The van der Waals surface area contributed by atoms with E-state index < -0.39 is 23.1 Å². The van der Waals surface area contributed by atoms with Crippen LogP contribution >= 0.6 is 11.3 Å². The lowest BCUT2D eigenvalue weighted by Crippen LogP contribution is -2.45. The first-order valence-corrected chi connectivity index (χ1v) is 13.8. The highest BCUT2D eigenvalue weighted by molar-refractivity contribution is 7.18. The number of carbonyl (C=O) groups is 1. The molecule has 1 atom stereocenters. The summed E-state index contributed by atoms with van der Waals surface area (Å²) in [6.45, 7) is 0.882. The van der Waals surface area contributed by atoms with Crippen LogP contribution in [0.15, 0.2) is 30.3 Å². The number of fused-ring (bicyclic) bond motifs is 1. The van der Waals surface area contributed by atoms with E-state index in [0.29, 0.717) is 37.1 Å². The fourth-order valence-electron chi connectivity index (χ4n) is 5.40. The lowest BCUT2D eigenvalue weighted by molar-refractivity contribution is -0.0493. The zero-order valence-electron chi connectivity index (χ0n) is 21.3. The van der Waals surface area contributed by atoms with Gasteiger partial charge in [0.1, 0.15) is 22.9 Å². The molecule has 1 aliphatic carbocycles. The molecule has 2 fully saturated rings. The molecule has 1 saturated carbocycles. The van der Waals surface area contributed by atoms with Gasteiger partial charge in [-0.05, 0) is 61.9 Å². The Balaban J connectivity index is 1.48. The number of thiophene rings is 1.